The predicted molar refractivity (Wildman–Crippen MR) is 91.9 cm³/mol. The van der Waals surface area contributed by atoms with Crippen molar-refractivity contribution < 1.29 is 4.74 Å². The van der Waals surface area contributed by atoms with Crippen LogP contribution >= 0.6 is 11.3 Å². The molecular formula is C16H21N5OS. The van der Waals surface area contributed by atoms with Crippen LogP contribution in [0.2, 0.25) is 0 Å². The lowest BCUT2D eigenvalue weighted by Crippen LogP contribution is -2.40. The Labute approximate surface area is 140 Å². The maximum Gasteiger partial charge on any atom is 0.213 e. The van der Waals surface area contributed by atoms with Crippen molar-refractivity contribution in [2.45, 2.75) is 26.0 Å². The van der Waals surface area contributed by atoms with Gasteiger partial charge in [-0.1, -0.05) is 6.07 Å². The summed E-state index contributed by atoms with van der Waals surface area (Å²) in [6.45, 7) is 4.53. The minimum absolute atomic E-state index is 0.147. The quantitative estimate of drug-likeness (QED) is 0.686. The van der Waals surface area contributed by atoms with E-state index in [9.17, 15) is 0 Å². The fourth-order valence-electron chi connectivity index (χ4n) is 2.59. The van der Waals surface area contributed by atoms with Crippen LogP contribution in [0.3, 0.4) is 0 Å². The van der Waals surface area contributed by atoms with Gasteiger partial charge in [0.05, 0.1) is 24.3 Å². The third-order valence-corrected chi connectivity index (χ3v) is 4.77. The highest BCUT2D eigenvalue weighted by molar-refractivity contribution is 7.09. The molecule has 0 amide bonds. The molecule has 6 nitrogen and oxygen atoms in total. The number of pyridine rings is 1. The van der Waals surface area contributed by atoms with E-state index in [0.29, 0.717) is 5.88 Å². The summed E-state index contributed by atoms with van der Waals surface area (Å²) in [6, 6.07) is 5.72. The maximum atomic E-state index is 5.93. The summed E-state index contributed by atoms with van der Waals surface area (Å²) in [5, 5.41) is 3.41. The lowest BCUT2D eigenvalue weighted by Gasteiger charge is -2.21. The molecule has 1 aliphatic rings. The highest BCUT2D eigenvalue weighted by atomic mass is 32.1. The lowest BCUT2D eigenvalue weighted by atomic mass is 10.3. The predicted octanol–water partition coefficient (Wildman–Crippen LogP) is 2.08. The van der Waals surface area contributed by atoms with Crippen LogP contribution in [0.1, 0.15) is 17.0 Å². The van der Waals surface area contributed by atoms with Crippen molar-refractivity contribution in [2.24, 2.45) is 4.99 Å². The zero-order valence-electron chi connectivity index (χ0n) is 13.4. The number of aryl methyl sites for hydroxylation is 1. The Balaban J connectivity index is 1.53. The molecule has 2 aromatic rings. The Hall–Kier alpha value is -2.15. The van der Waals surface area contributed by atoms with Gasteiger partial charge in [-0.25, -0.2) is 9.97 Å². The van der Waals surface area contributed by atoms with Gasteiger partial charge >= 0.3 is 0 Å². The summed E-state index contributed by atoms with van der Waals surface area (Å²) in [4.78, 5) is 16.3. The zero-order chi connectivity index (χ0) is 16.1. The average Bonchev–Trinajstić information content (AvgIpc) is 3.19. The highest BCUT2D eigenvalue weighted by Crippen LogP contribution is 2.17. The maximum absolute atomic E-state index is 5.93. The smallest absolute Gasteiger partial charge is 0.213 e. The molecule has 0 saturated carbocycles. The molecule has 3 heterocycles. The van der Waals surface area contributed by atoms with Crippen molar-refractivity contribution in [2.75, 3.05) is 20.1 Å². The first-order valence-corrected chi connectivity index (χ1v) is 8.56. The largest absolute Gasteiger partial charge is 0.472 e. The van der Waals surface area contributed by atoms with Gasteiger partial charge < -0.3 is 15.0 Å². The number of ether oxygens (including phenoxy) is 1. The van der Waals surface area contributed by atoms with E-state index in [1.807, 2.05) is 37.7 Å². The summed E-state index contributed by atoms with van der Waals surface area (Å²) in [6.07, 6.45) is 2.87. The topological polar surface area (TPSA) is 62.6 Å². The number of aliphatic imine (C=N–C) groups is 1. The molecule has 1 aliphatic heterocycles. The lowest BCUT2D eigenvalue weighted by molar-refractivity contribution is 0.205. The van der Waals surface area contributed by atoms with Crippen LogP contribution in [0.5, 0.6) is 5.88 Å². The van der Waals surface area contributed by atoms with E-state index in [1.165, 1.54) is 4.88 Å². The van der Waals surface area contributed by atoms with E-state index in [2.05, 4.69) is 25.2 Å². The Bertz CT molecular complexity index is 658. The molecule has 1 N–H and O–H groups in total. The van der Waals surface area contributed by atoms with Gasteiger partial charge in [-0.3, -0.25) is 4.99 Å². The summed E-state index contributed by atoms with van der Waals surface area (Å²) in [5.74, 6) is 1.59. The summed E-state index contributed by atoms with van der Waals surface area (Å²) in [7, 11) is 1.81. The number of hydrogen-bond acceptors (Lipinski definition) is 5. The van der Waals surface area contributed by atoms with Crippen LogP contribution in [0, 0.1) is 6.92 Å². The third-order valence-electron chi connectivity index (χ3n) is 3.83. The van der Waals surface area contributed by atoms with Gasteiger partial charge in [-0.15, -0.1) is 11.3 Å². The summed E-state index contributed by atoms with van der Waals surface area (Å²) in [5.41, 5.74) is 2.96. The van der Waals surface area contributed by atoms with Gasteiger partial charge in [-0.2, -0.15) is 0 Å². The van der Waals surface area contributed by atoms with E-state index >= 15 is 0 Å². The second kappa shape index (κ2) is 7.41. The van der Waals surface area contributed by atoms with Crippen LogP contribution in [0.4, 0.5) is 0 Å². The Morgan fingerprint density at radius 3 is 3.09 bits per heavy atom. The molecule has 1 atom stereocenters. The molecule has 3 rings (SSSR count). The fraction of sp³-hybridized carbons (Fsp3) is 0.438. The number of rotatable bonds is 4. The monoisotopic (exact) mass is 331 g/mol. The molecule has 23 heavy (non-hydrogen) atoms. The van der Waals surface area contributed by atoms with Crippen molar-refractivity contribution in [3.63, 3.8) is 0 Å². The van der Waals surface area contributed by atoms with E-state index in [-0.39, 0.29) is 6.10 Å². The van der Waals surface area contributed by atoms with Gasteiger partial charge in [0.25, 0.3) is 0 Å². The van der Waals surface area contributed by atoms with Gasteiger partial charge in [-0.05, 0) is 13.0 Å². The fourth-order valence-corrected chi connectivity index (χ4v) is 3.31. The van der Waals surface area contributed by atoms with Gasteiger partial charge in [0.2, 0.25) is 5.88 Å². The van der Waals surface area contributed by atoms with E-state index in [0.717, 1.165) is 37.7 Å². The second-order valence-electron chi connectivity index (χ2n) is 5.40. The van der Waals surface area contributed by atoms with Crippen LogP contribution in [0.15, 0.2) is 34.9 Å². The Kier molecular flexibility index (Phi) is 5.07. The van der Waals surface area contributed by atoms with Crippen molar-refractivity contribution in [1.82, 2.24) is 20.2 Å². The molecule has 7 heteroatoms. The average molecular weight is 331 g/mol. The second-order valence-corrected chi connectivity index (χ2v) is 6.34. The Morgan fingerprint density at radius 2 is 2.39 bits per heavy atom. The number of nitrogens with zero attached hydrogens (tertiary/aromatic N) is 4. The molecule has 122 valence electrons. The third kappa shape index (κ3) is 3.98. The molecule has 1 unspecified atom stereocenters. The van der Waals surface area contributed by atoms with Crippen LogP contribution in [-0.2, 0) is 6.54 Å². The highest BCUT2D eigenvalue weighted by Gasteiger charge is 2.26. The van der Waals surface area contributed by atoms with Crippen molar-refractivity contribution >= 4 is 17.3 Å². The number of nitrogens with one attached hydrogen (secondary N) is 1. The first-order chi connectivity index (χ1) is 11.3. The minimum Gasteiger partial charge on any atom is -0.472 e. The van der Waals surface area contributed by atoms with Crippen LogP contribution < -0.4 is 10.1 Å². The van der Waals surface area contributed by atoms with E-state index in [1.54, 1.807) is 17.5 Å². The minimum atomic E-state index is 0.147. The molecule has 0 radical (unpaired) electrons. The SMILES string of the molecule is CN=C(NCc1scnc1C)N1CCC(Oc2ccccn2)C1. The van der Waals surface area contributed by atoms with Crippen LogP contribution in [-0.4, -0.2) is 47.1 Å². The van der Waals surface area contributed by atoms with Gasteiger partial charge in [0.1, 0.15) is 6.10 Å². The molecule has 0 spiro atoms. The van der Waals surface area contributed by atoms with Crippen molar-refractivity contribution in [3.05, 3.63) is 40.5 Å². The normalized spacial score (nSPS) is 18.3. The molecule has 2 aromatic heterocycles. The van der Waals surface area contributed by atoms with Crippen molar-refractivity contribution in [3.8, 4) is 5.88 Å². The van der Waals surface area contributed by atoms with Crippen molar-refractivity contribution in [1.29, 1.82) is 0 Å². The molecule has 1 saturated heterocycles. The number of aromatic nitrogens is 2. The number of thiazole rings is 1. The molecule has 0 bridgehead atoms. The van der Waals surface area contributed by atoms with E-state index in [4.69, 9.17) is 4.74 Å². The first-order valence-electron chi connectivity index (χ1n) is 7.68. The first kappa shape index (κ1) is 15.7. The number of guanidine groups is 1. The molecule has 1 fully saturated rings. The zero-order valence-corrected chi connectivity index (χ0v) is 14.2. The van der Waals surface area contributed by atoms with Gasteiger partial charge in [0, 0.05) is 37.2 Å². The number of likely N-dealkylation sites (tertiary alicyclic amines) is 1. The summed E-state index contributed by atoms with van der Waals surface area (Å²) < 4.78 is 5.93. The Morgan fingerprint density at radius 1 is 1.48 bits per heavy atom. The van der Waals surface area contributed by atoms with Crippen LogP contribution in [0.25, 0.3) is 0 Å². The standard InChI is InChI=1S/C16H21N5OS/c1-12-14(23-11-20-12)9-19-16(17-2)21-8-6-13(10-21)22-15-5-3-4-7-18-15/h3-5,7,11,13H,6,8-10H2,1-2H3,(H,17,19). The summed E-state index contributed by atoms with van der Waals surface area (Å²) >= 11 is 1.67. The van der Waals surface area contributed by atoms with E-state index < -0.39 is 0 Å². The number of hydrogen-bond donors (Lipinski definition) is 1. The van der Waals surface area contributed by atoms with Gasteiger partial charge in [0.15, 0.2) is 5.96 Å². The molecule has 0 aliphatic carbocycles. The molecule has 0 aromatic carbocycles. The molecular weight excluding hydrogens is 310 g/mol.